The monoisotopic (exact) mass is 342 g/mol. The minimum atomic E-state index is -0.0852. The number of amides is 2. The Morgan fingerprint density at radius 1 is 1.00 bits per heavy atom. The lowest BCUT2D eigenvalue weighted by Crippen LogP contribution is -2.25. The van der Waals surface area contributed by atoms with Crippen LogP contribution in [-0.4, -0.2) is 11.8 Å². The highest BCUT2D eigenvalue weighted by Gasteiger charge is 2.14. The number of benzene rings is 1. The minimum absolute atomic E-state index is 0.0356. The standard InChI is InChI=1S/C20H26N2O3/c1-14(2)16-6-8-17(9-7-16)22-20(24)12-15(3)11-19(23)21-13-18-5-4-10-25-18/h4-10,14-15H,11-13H2,1-3H3,(H,21,23)(H,22,24)/t15-/m1/s1. The third-order valence-corrected chi connectivity index (χ3v) is 3.97. The van der Waals surface area contributed by atoms with E-state index >= 15 is 0 Å². The molecule has 25 heavy (non-hydrogen) atoms. The van der Waals surface area contributed by atoms with Gasteiger partial charge in [-0.3, -0.25) is 9.59 Å². The Labute approximate surface area is 148 Å². The van der Waals surface area contributed by atoms with Gasteiger partial charge in [0.25, 0.3) is 0 Å². The molecule has 1 atom stereocenters. The summed E-state index contributed by atoms with van der Waals surface area (Å²) in [6.45, 7) is 6.53. The average Bonchev–Trinajstić information content (AvgIpc) is 3.06. The van der Waals surface area contributed by atoms with Crippen LogP contribution in [0.4, 0.5) is 5.69 Å². The SMILES string of the molecule is CC(C)c1ccc(NC(=O)C[C@H](C)CC(=O)NCc2ccco2)cc1. The number of carbonyl (C=O) groups excluding carboxylic acids is 2. The Morgan fingerprint density at radius 2 is 1.68 bits per heavy atom. The van der Waals surface area contributed by atoms with Crippen molar-refractivity contribution < 1.29 is 14.0 Å². The molecule has 2 rings (SSSR count). The van der Waals surface area contributed by atoms with Gasteiger partial charge in [0.05, 0.1) is 12.8 Å². The van der Waals surface area contributed by atoms with Gasteiger partial charge < -0.3 is 15.1 Å². The van der Waals surface area contributed by atoms with Gasteiger partial charge in [-0.1, -0.05) is 32.9 Å². The molecule has 0 saturated heterocycles. The maximum Gasteiger partial charge on any atom is 0.224 e. The van der Waals surface area contributed by atoms with Crippen molar-refractivity contribution in [1.29, 1.82) is 0 Å². The first-order valence-corrected chi connectivity index (χ1v) is 8.63. The number of nitrogens with one attached hydrogen (secondary N) is 2. The largest absolute Gasteiger partial charge is 0.467 e. The van der Waals surface area contributed by atoms with Crippen LogP contribution in [0.15, 0.2) is 47.1 Å². The maximum absolute atomic E-state index is 12.1. The van der Waals surface area contributed by atoms with E-state index in [9.17, 15) is 9.59 Å². The predicted octanol–water partition coefficient (Wildman–Crippen LogP) is 4.07. The first kappa shape index (κ1) is 18.8. The smallest absolute Gasteiger partial charge is 0.224 e. The first-order chi connectivity index (χ1) is 11.9. The molecule has 0 saturated carbocycles. The van der Waals surface area contributed by atoms with Gasteiger partial charge in [0.1, 0.15) is 5.76 Å². The molecule has 0 radical (unpaired) electrons. The van der Waals surface area contributed by atoms with Crippen LogP contribution in [0.1, 0.15) is 50.9 Å². The van der Waals surface area contributed by atoms with Gasteiger partial charge in [0.2, 0.25) is 11.8 Å². The van der Waals surface area contributed by atoms with Crippen molar-refractivity contribution in [3.05, 3.63) is 54.0 Å². The highest BCUT2D eigenvalue weighted by atomic mass is 16.3. The maximum atomic E-state index is 12.1. The lowest BCUT2D eigenvalue weighted by atomic mass is 10.0. The van der Waals surface area contributed by atoms with Crippen molar-refractivity contribution in [3.63, 3.8) is 0 Å². The molecular weight excluding hydrogens is 316 g/mol. The third kappa shape index (κ3) is 6.45. The molecule has 1 aromatic heterocycles. The molecule has 0 bridgehead atoms. The van der Waals surface area contributed by atoms with Gasteiger partial charge in [-0.25, -0.2) is 0 Å². The van der Waals surface area contributed by atoms with Gasteiger partial charge in [-0.2, -0.15) is 0 Å². The fraction of sp³-hybridized carbons (Fsp3) is 0.400. The number of hydrogen-bond acceptors (Lipinski definition) is 3. The molecule has 0 aliphatic rings. The van der Waals surface area contributed by atoms with Crippen LogP contribution < -0.4 is 10.6 Å². The number of furan rings is 1. The Hall–Kier alpha value is -2.56. The summed E-state index contributed by atoms with van der Waals surface area (Å²) >= 11 is 0. The molecule has 5 nitrogen and oxygen atoms in total. The number of carbonyl (C=O) groups is 2. The lowest BCUT2D eigenvalue weighted by molar-refractivity contribution is -0.122. The van der Waals surface area contributed by atoms with Crippen molar-refractivity contribution in [2.75, 3.05) is 5.32 Å². The van der Waals surface area contributed by atoms with Crippen molar-refractivity contribution >= 4 is 17.5 Å². The second kappa shape index (κ2) is 9.06. The summed E-state index contributed by atoms with van der Waals surface area (Å²) in [5.41, 5.74) is 2.02. The fourth-order valence-corrected chi connectivity index (χ4v) is 2.54. The molecule has 0 spiro atoms. The van der Waals surface area contributed by atoms with E-state index < -0.39 is 0 Å². The van der Waals surface area contributed by atoms with Crippen molar-refractivity contribution in [2.24, 2.45) is 5.92 Å². The van der Waals surface area contributed by atoms with Crippen LogP contribution in [-0.2, 0) is 16.1 Å². The Bertz CT molecular complexity index is 675. The quantitative estimate of drug-likeness (QED) is 0.759. The predicted molar refractivity (Wildman–Crippen MR) is 98.1 cm³/mol. The van der Waals surface area contributed by atoms with Gasteiger partial charge >= 0.3 is 0 Å². The van der Waals surface area contributed by atoms with E-state index in [0.29, 0.717) is 31.1 Å². The summed E-state index contributed by atoms with van der Waals surface area (Å²) in [6.07, 6.45) is 2.18. The topological polar surface area (TPSA) is 71.3 Å². The Kier molecular flexibility index (Phi) is 6.81. The van der Waals surface area contributed by atoms with Gasteiger partial charge in [0.15, 0.2) is 0 Å². The summed E-state index contributed by atoms with van der Waals surface area (Å²) < 4.78 is 5.16. The molecule has 1 heterocycles. The number of hydrogen-bond donors (Lipinski definition) is 2. The molecular formula is C20H26N2O3. The van der Waals surface area contributed by atoms with E-state index in [1.54, 1.807) is 12.3 Å². The lowest BCUT2D eigenvalue weighted by Gasteiger charge is -2.12. The van der Waals surface area contributed by atoms with E-state index in [2.05, 4.69) is 24.5 Å². The normalized spacial score (nSPS) is 12.0. The molecule has 2 amide bonds. The van der Waals surface area contributed by atoms with E-state index in [-0.39, 0.29) is 17.7 Å². The zero-order chi connectivity index (χ0) is 18.2. The van der Waals surface area contributed by atoms with Crippen molar-refractivity contribution in [2.45, 2.75) is 46.1 Å². The van der Waals surface area contributed by atoms with Crippen LogP contribution in [0.3, 0.4) is 0 Å². The van der Waals surface area contributed by atoms with Crippen LogP contribution in [0, 0.1) is 5.92 Å². The van der Waals surface area contributed by atoms with Gasteiger partial charge in [0, 0.05) is 18.5 Å². The highest BCUT2D eigenvalue weighted by molar-refractivity contribution is 5.91. The van der Waals surface area contributed by atoms with E-state index in [1.165, 1.54) is 5.56 Å². The van der Waals surface area contributed by atoms with Crippen LogP contribution >= 0.6 is 0 Å². The van der Waals surface area contributed by atoms with Gasteiger partial charge in [-0.15, -0.1) is 0 Å². The summed E-state index contributed by atoms with van der Waals surface area (Å²) in [5.74, 6) is 0.973. The highest BCUT2D eigenvalue weighted by Crippen LogP contribution is 2.18. The third-order valence-electron chi connectivity index (χ3n) is 3.97. The van der Waals surface area contributed by atoms with Crippen LogP contribution in [0.2, 0.25) is 0 Å². The van der Waals surface area contributed by atoms with Gasteiger partial charge in [-0.05, 0) is 41.7 Å². The minimum Gasteiger partial charge on any atom is -0.467 e. The summed E-state index contributed by atoms with van der Waals surface area (Å²) in [6, 6.07) is 11.4. The van der Waals surface area contributed by atoms with Crippen LogP contribution in [0.25, 0.3) is 0 Å². The number of anilines is 1. The summed E-state index contributed by atoms with van der Waals surface area (Å²) in [7, 11) is 0. The molecule has 0 fully saturated rings. The molecule has 134 valence electrons. The fourth-order valence-electron chi connectivity index (χ4n) is 2.54. The molecule has 1 aromatic carbocycles. The Morgan fingerprint density at radius 3 is 2.28 bits per heavy atom. The van der Waals surface area contributed by atoms with Crippen molar-refractivity contribution in [3.8, 4) is 0 Å². The molecule has 0 aliphatic carbocycles. The zero-order valence-corrected chi connectivity index (χ0v) is 15.0. The average molecular weight is 342 g/mol. The Balaban J connectivity index is 1.72. The second-order valence-electron chi connectivity index (χ2n) is 6.69. The molecule has 2 aromatic rings. The van der Waals surface area contributed by atoms with E-state index in [0.717, 1.165) is 5.69 Å². The second-order valence-corrected chi connectivity index (χ2v) is 6.69. The zero-order valence-electron chi connectivity index (χ0n) is 15.0. The summed E-state index contributed by atoms with van der Waals surface area (Å²) in [4.78, 5) is 24.0. The van der Waals surface area contributed by atoms with Crippen LogP contribution in [0.5, 0.6) is 0 Å². The van der Waals surface area contributed by atoms with E-state index in [1.807, 2.05) is 37.3 Å². The van der Waals surface area contributed by atoms with E-state index in [4.69, 9.17) is 4.42 Å². The molecule has 0 unspecified atom stereocenters. The number of rotatable bonds is 8. The molecule has 0 aliphatic heterocycles. The first-order valence-electron chi connectivity index (χ1n) is 8.63. The molecule has 2 N–H and O–H groups in total. The van der Waals surface area contributed by atoms with Crippen molar-refractivity contribution in [1.82, 2.24) is 5.32 Å². The molecule has 5 heteroatoms. The summed E-state index contributed by atoms with van der Waals surface area (Å²) in [5, 5.41) is 5.67.